The van der Waals surface area contributed by atoms with Gasteiger partial charge in [0.1, 0.15) is 18.0 Å². The van der Waals surface area contributed by atoms with Gasteiger partial charge >= 0.3 is 6.18 Å². The van der Waals surface area contributed by atoms with Gasteiger partial charge in [0.2, 0.25) is 0 Å². The van der Waals surface area contributed by atoms with Crippen molar-refractivity contribution in [3.8, 4) is 0 Å². The second-order valence-corrected chi connectivity index (χ2v) is 8.82. The summed E-state index contributed by atoms with van der Waals surface area (Å²) in [4.78, 5) is 12.9. The maximum atomic E-state index is 12.8. The molecule has 6 nitrogen and oxygen atoms in total. The molecule has 2 atom stereocenters. The van der Waals surface area contributed by atoms with Crippen LogP contribution in [-0.2, 0) is 19.1 Å². The summed E-state index contributed by atoms with van der Waals surface area (Å²) in [5.74, 6) is 1.15. The molecule has 0 spiro atoms. The lowest BCUT2D eigenvalue weighted by Gasteiger charge is -2.43. The van der Waals surface area contributed by atoms with Crippen LogP contribution < -0.4 is 10.2 Å². The molecule has 2 aliphatic rings. The first-order valence-electron chi connectivity index (χ1n) is 11.4. The number of nitrogens with one attached hydrogen (secondary N) is 1. The molecule has 1 fully saturated rings. The summed E-state index contributed by atoms with van der Waals surface area (Å²) >= 11 is 0. The molecule has 0 amide bonds. The van der Waals surface area contributed by atoms with E-state index in [1.165, 1.54) is 29.6 Å². The number of rotatable bonds is 4. The first kappa shape index (κ1) is 22.6. The smallest absolute Gasteiger partial charge is 0.390 e. The highest BCUT2D eigenvalue weighted by Crippen LogP contribution is 2.31. The normalized spacial score (nSPS) is 21.2. The lowest BCUT2D eigenvalue weighted by Crippen LogP contribution is -2.55. The van der Waals surface area contributed by atoms with Crippen molar-refractivity contribution in [1.29, 1.82) is 0 Å². The van der Waals surface area contributed by atoms with E-state index in [0.29, 0.717) is 23.9 Å². The Morgan fingerprint density at radius 2 is 1.74 bits per heavy atom. The fraction of sp³-hybridized carbons (Fsp3) is 0.360. The Morgan fingerprint density at radius 3 is 2.47 bits per heavy atom. The number of aromatic nitrogens is 2. The van der Waals surface area contributed by atoms with Crippen molar-refractivity contribution in [2.45, 2.75) is 37.7 Å². The van der Waals surface area contributed by atoms with Crippen molar-refractivity contribution in [2.75, 3.05) is 29.9 Å². The summed E-state index contributed by atoms with van der Waals surface area (Å²) < 4.78 is 38.3. The molecule has 1 aromatic heterocycles. The maximum absolute atomic E-state index is 12.8. The van der Waals surface area contributed by atoms with E-state index in [9.17, 15) is 18.3 Å². The van der Waals surface area contributed by atoms with Crippen LogP contribution in [0.2, 0.25) is 0 Å². The predicted molar refractivity (Wildman–Crippen MR) is 124 cm³/mol. The van der Waals surface area contributed by atoms with E-state index in [1.807, 2.05) is 4.90 Å². The van der Waals surface area contributed by atoms with Crippen molar-refractivity contribution >= 4 is 17.3 Å². The Balaban J connectivity index is 1.22. The van der Waals surface area contributed by atoms with Gasteiger partial charge in [-0.15, -0.1) is 0 Å². The highest BCUT2D eigenvalue weighted by atomic mass is 19.4. The van der Waals surface area contributed by atoms with Gasteiger partial charge in [0.05, 0.1) is 11.7 Å². The van der Waals surface area contributed by atoms with E-state index in [0.717, 1.165) is 44.6 Å². The SMILES string of the molecule is OC1CN(c2cc(Nc3ccc(C(F)(F)F)cc3)ncn2)CCC1N1CCc2ccccc2C1. The van der Waals surface area contributed by atoms with Gasteiger partial charge in [-0.05, 0) is 48.2 Å². The summed E-state index contributed by atoms with van der Waals surface area (Å²) in [6.07, 6.45) is -1.66. The maximum Gasteiger partial charge on any atom is 0.416 e. The van der Waals surface area contributed by atoms with Crippen molar-refractivity contribution in [1.82, 2.24) is 14.9 Å². The van der Waals surface area contributed by atoms with E-state index in [1.54, 1.807) is 6.07 Å². The van der Waals surface area contributed by atoms with E-state index in [4.69, 9.17) is 0 Å². The number of aliphatic hydroxyl groups excluding tert-OH is 1. The lowest BCUT2D eigenvalue weighted by atomic mass is 9.94. The van der Waals surface area contributed by atoms with Gasteiger partial charge in [0.15, 0.2) is 0 Å². The zero-order valence-electron chi connectivity index (χ0n) is 18.5. The molecule has 178 valence electrons. The summed E-state index contributed by atoms with van der Waals surface area (Å²) in [7, 11) is 0. The van der Waals surface area contributed by atoms with Gasteiger partial charge in [0.25, 0.3) is 0 Å². The highest BCUT2D eigenvalue weighted by molar-refractivity contribution is 5.59. The summed E-state index contributed by atoms with van der Waals surface area (Å²) in [5.41, 5.74) is 2.52. The number of β-amino-alcohol motifs (C(OH)–C–C–N with tert-alkyl or cyclic N) is 1. The largest absolute Gasteiger partial charge is 0.416 e. The fourth-order valence-corrected chi connectivity index (χ4v) is 4.83. The third kappa shape index (κ3) is 4.85. The second-order valence-electron chi connectivity index (χ2n) is 8.82. The number of aliphatic hydroxyl groups is 1. The monoisotopic (exact) mass is 469 g/mol. The Labute approximate surface area is 196 Å². The highest BCUT2D eigenvalue weighted by Gasteiger charge is 2.34. The van der Waals surface area contributed by atoms with E-state index < -0.39 is 17.8 Å². The Bertz CT molecular complexity index is 1140. The molecule has 1 saturated heterocycles. The molecule has 2 N–H and O–H groups in total. The van der Waals surface area contributed by atoms with Gasteiger partial charge in [-0.25, -0.2) is 9.97 Å². The standard InChI is InChI=1S/C25H26F3N5O/c26-25(27,28)19-5-7-20(8-6-19)31-23-13-24(30-16-29-23)33-12-10-21(22(34)15-33)32-11-9-17-3-1-2-4-18(17)14-32/h1-8,13,16,21-22,34H,9-12,14-15H2,(H,29,30,31). The van der Waals surface area contributed by atoms with Gasteiger partial charge in [-0.2, -0.15) is 13.2 Å². The molecule has 0 saturated carbocycles. The molecule has 2 aromatic carbocycles. The molecule has 3 heterocycles. The van der Waals surface area contributed by atoms with Crippen LogP contribution in [0.5, 0.6) is 0 Å². The number of halogens is 3. The van der Waals surface area contributed by atoms with Crippen LogP contribution in [0.25, 0.3) is 0 Å². The molecule has 34 heavy (non-hydrogen) atoms. The number of piperidine rings is 1. The topological polar surface area (TPSA) is 64.5 Å². The van der Waals surface area contributed by atoms with Crippen LogP contribution in [0.15, 0.2) is 60.9 Å². The van der Waals surface area contributed by atoms with Crippen LogP contribution in [0.3, 0.4) is 0 Å². The average molecular weight is 470 g/mol. The zero-order chi connectivity index (χ0) is 23.7. The first-order chi connectivity index (χ1) is 16.4. The Morgan fingerprint density at radius 1 is 0.971 bits per heavy atom. The summed E-state index contributed by atoms with van der Waals surface area (Å²) in [6.45, 7) is 3.00. The third-order valence-electron chi connectivity index (χ3n) is 6.64. The second kappa shape index (κ2) is 9.23. The van der Waals surface area contributed by atoms with Crippen LogP contribution in [0.1, 0.15) is 23.1 Å². The Hall–Kier alpha value is -3.17. The summed E-state index contributed by atoms with van der Waals surface area (Å²) in [6, 6.07) is 15.1. The minimum absolute atomic E-state index is 0.0937. The van der Waals surface area contributed by atoms with Gasteiger partial charge in [-0.1, -0.05) is 24.3 Å². The van der Waals surface area contributed by atoms with Crippen molar-refractivity contribution in [2.24, 2.45) is 0 Å². The quantitative estimate of drug-likeness (QED) is 0.596. The molecular weight excluding hydrogens is 443 g/mol. The number of fused-ring (bicyclic) bond motifs is 1. The number of benzene rings is 2. The first-order valence-corrected chi connectivity index (χ1v) is 11.4. The molecule has 2 aliphatic heterocycles. The van der Waals surface area contributed by atoms with E-state index in [2.05, 4.69) is 44.5 Å². The van der Waals surface area contributed by atoms with E-state index >= 15 is 0 Å². The van der Waals surface area contributed by atoms with Crippen LogP contribution in [-0.4, -0.2) is 51.8 Å². The third-order valence-corrected chi connectivity index (χ3v) is 6.64. The van der Waals surface area contributed by atoms with Crippen molar-refractivity contribution in [3.05, 3.63) is 77.6 Å². The molecule has 9 heteroatoms. The molecule has 3 aromatic rings. The fourth-order valence-electron chi connectivity index (χ4n) is 4.83. The van der Waals surface area contributed by atoms with Gasteiger partial charge in [-0.3, -0.25) is 4.90 Å². The van der Waals surface area contributed by atoms with Gasteiger partial charge < -0.3 is 15.3 Å². The molecule has 0 radical (unpaired) electrons. The van der Waals surface area contributed by atoms with E-state index in [-0.39, 0.29) is 6.04 Å². The minimum Gasteiger partial charge on any atom is -0.390 e. The number of hydrogen-bond donors (Lipinski definition) is 2. The number of hydrogen-bond acceptors (Lipinski definition) is 6. The lowest BCUT2D eigenvalue weighted by molar-refractivity contribution is -0.137. The van der Waals surface area contributed by atoms with Crippen molar-refractivity contribution in [3.63, 3.8) is 0 Å². The number of alkyl halides is 3. The van der Waals surface area contributed by atoms with Crippen molar-refractivity contribution < 1.29 is 18.3 Å². The predicted octanol–water partition coefficient (Wildman–Crippen LogP) is 4.24. The molecule has 0 bridgehead atoms. The Kier molecular flexibility index (Phi) is 6.14. The molecule has 0 aliphatic carbocycles. The molecule has 2 unspecified atom stereocenters. The average Bonchev–Trinajstić information content (AvgIpc) is 2.84. The minimum atomic E-state index is -4.37. The van der Waals surface area contributed by atoms with Crippen LogP contribution in [0.4, 0.5) is 30.5 Å². The zero-order valence-corrected chi connectivity index (χ0v) is 18.5. The molecule has 5 rings (SSSR count). The van der Waals surface area contributed by atoms with Crippen LogP contribution in [0, 0.1) is 0 Å². The van der Waals surface area contributed by atoms with Gasteiger partial charge in [0, 0.05) is 44.0 Å². The number of nitrogens with zero attached hydrogens (tertiary/aromatic N) is 4. The molecular formula is C25H26F3N5O. The van der Waals surface area contributed by atoms with Crippen LogP contribution >= 0.6 is 0 Å². The summed E-state index contributed by atoms with van der Waals surface area (Å²) in [5, 5.41) is 14.0. The number of anilines is 3.